The van der Waals surface area contributed by atoms with Gasteiger partial charge in [-0.05, 0) is 12.5 Å². The van der Waals surface area contributed by atoms with Crippen LogP contribution in [0, 0.1) is 6.92 Å². The summed E-state index contributed by atoms with van der Waals surface area (Å²) in [5, 5.41) is 3.24. The molecule has 2 N–H and O–H groups in total. The van der Waals surface area contributed by atoms with Gasteiger partial charge in [-0.2, -0.15) is 0 Å². The van der Waals surface area contributed by atoms with Gasteiger partial charge in [-0.15, -0.1) is 11.3 Å². The van der Waals surface area contributed by atoms with Crippen molar-refractivity contribution in [2.24, 2.45) is 5.73 Å². The van der Waals surface area contributed by atoms with E-state index in [1.165, 1.54) is 11.1 Å². The van der Waals surface area contributed by atoms with Crippen molar-refractivity contribution >= 4 is 11.3 Å². The predicted octanol–water partition coefficient (Wildman–Crippen LogP) is 3.18. The molecule has 0 saturated heterocycles. The molecule has 1 aromatic heterocycles. The lowest BCUT2D eigenvalue weighted by Gasteiger charge is -2.03. The van der Waals surface area contributed by atoms with E-state index in [4.69, 9.17) is 5.73 Å². The Morgan fingerprint density at radius 1 is 1.38 bits per heavy atom. The number of rotatable bonds is 3. The molecule has 0 bridgehead atoms. The molecule has 3 heteroatoms. The van der Waals surface area contributed by atoms with E-state index in [0.717, 1.165) is 10.7 Å². The smallest absolute Gasteiger partial charge is 0.0973 e. The summed E-state index contributed by atoms with van der Waals surface area (Å²) in [6.07, 6.45) is 0. The molecule has 0 aliphatic heterocycles. The number of nitrogens with zero attached hydrogens (tertiary/aromatic N) is 1. The van der Waals surface area contributed by atoms with Crippen molar-refractivity contribution < 1.29 is 0 Å². The van der Waals surface area contributed by atoms with Crippen LogP contribution in [0.1, 0.15) is 23.4 Å². The molecule has 1 heterocycles. The maximum absolute atomic E-state index is 5.65. The first-order chi connectivity index (χ1) is 7.72. The topological polar surface area (TPSA) is 38.9 Å². The summed E-state index contributed by atoms with van der Waals surface area (Å²) in [7, 11) is 0. The molecule has 16 heavy (non-hydrogen) atoms. The first kappa shape index (κ1) is 11.3. The maximum Gasteiger partial charge on any atom is 0.0973 e. The third-order valence-electron chi connectivity index (χ3n) is 2.72. The SMILES string of the molecule is Cc1ccccc1-c1csc(C(C)CN)n1. The molecule has 0 aliphatic carbocycles. The van der Waals surface area contributed by atoms with Crippen LogP contribution in [-0.2, 0) is 0 Å². The standard InChI is InChI=1S/C13H16N2S/c1-9-5-3-4-6-11(9)12-8-16-13(15-12)10(2)7-14/h3-6,8,10H,7,14H2,1-2H3. The Balaban J connectivity index is 2.35. The molecule has 0 aliphatic rings. The van der Waals surface area contributed by atoms with Gasteiger partial charge in [-0.1, -0.05) is 31.2 Å². The second-order valence-corrected chi connectivity index (χ2v) is 4.91. The summed E-state index contributed by atoms with van der Waals surface area (Å²) >= 11 is 1.69. The minimum Gasteiger partial charge on any atom is -0.330 e. The molecule has 84 valence electrons. The van der Waals surface area contributed by atoms with Gasteiger partial charge in [0, 0.05) is 23.4 Å². The summed E-state index contributed by atoms with van der Waals surface area (Å²) in [6.45, 7) is 4.88. The molecule has 0 saturated carbocycles. The molecule has 0 fully saturated rings. The van der Waals surface area contributed by atoms with E-state index in [1.807, 2.05) is 6.07 Å². The van der Waals surface area contributed by atoms with E-state index in [9.17, 15) is 0 Å². The van der Waals surface area contributed by atoms with Crippen molar-refractivity contribution in [3.63, 3.8) is 0 Å². The molecule has 0 amide bonds. The zero-order valence-corrected chi connectivity index (χ0v) is 10.4. The molecule has 2 rings (SSSR count). The Morgan fingerprint density at radius 3 is 2.81 bits per heavy atom. The normalized spacial score (nSPS) is 12.7. The van der Waals surface area contributed by atoms with Crippen LogP contribution in [0.4, 0.5) is 0 Å². The zero-order valence-electron chi connectivity index (χ0n) is 9.60. The van der Waals surface area contributed by atoms with Crippen LogP contribution in [0.5, 0.6) is 0 Å². The fourth-order valence-electron chi connectivity index (χ4n) is 1.60. The fraction of sp³-hybridized carbons (Fsp3) is 0.308. The minimum absolute atomic E-state index is 0.350. The highest BCUT2D eigenvalue weighted by atomic mass is 32.1. The number of thiazole rings is 1. The van der Waals surface area contributed by atoms with Crippen LogP contribution in [0.25, 0.3) is 11.3 Å². The van der Waals surface area contributed by atoms with Gasteiger partial charge in [0.1, 0.15) is 0 Å². The van der Waals surface area contributed by atoms with Gasteiger partial charge < -0.3 is 5.73 Å². The second-order valence-electron chi connectivity index (χ2n) is 4.02. The summed E-state index contributed by atoms with van der Waals surface area (Å²) < 4.78 is 0. The minimum atomic E-state index is 0.350. The lowest BCUT2D eigenvalue weighted by molar-refractivity contribution is 0.766. The van der Waals surface area contributed by atoms with Gasteiger partial charge in [0.2, 0.25) is 0 Å². The fourth-order valence-corrected chi connectivity index (χ4v) is 2.49. The zero-order chi connectivity index (χ0) is 11.5. The molecule has 1 unspecified atom stereocenters. The third kappa shape index (κ3) is 2.15. The van der Waals surface area contributed by atoms with E-state index in [0.29, 0.717) is 12.5 Å². The Morgan fingerprint density at radius 2 is 2.12 bits per heavy atom. The van der Waals surface area contributed by atoms with Crippen molar-refractivity contribution in [1.29, 1.82) is 0 Å². The van der Waals surface area contributed by atoms with Crippen molar-refractivity contribution in [3.8, 4) is 11.3 Å². The Bertz CT molecular complexity index is 476. The van der Waals surface area contributed by atoms with Crippen LogP contribution in [0.3, 0.4) is 0 Å². The average molecular weight is 232 g/mol. The number of hydrogen-bond acceptors (Lipinski definition) is 3. The van der Waals surface area contributed by atoms with Gasteiger partial charge in [0.25, 0.3) is 0 Å². The van der Waals surface area contributed by atoms with Crippen molar-refractivity contribution in [2.45, 2.75) is 19.8 Å². The number of aryl methyl sites for hydroxylation is 1. The van der Waals surface area contributed by atoms with Gasteiger partial charge in [0.15, 0.2) is 0 Å². The molecule has 0 spiro atoms. The van der Waals surface area contributed by atoms with Gasteiger partial charge in [0.05, 0.1) is 10.7 Å². The molecule has 1 aromatic carbocycles. The van der Waals surface area contributed by atoms with Crippen LogP contribution in [0.15, 0.2) is 29.6 Å². The van der Waals surface area contributed by atoms with Crippen LogP contribution in [0.2, 0.25) is 0 Å². The maximum atomic E-state index is 5.65. The van der Waals surface area contributed by atoms with E-state index in [2.05, 4.69) is 42.4 Å². The number of nitrogens with two attached hydrogens (primary N) is 1. The second kappa shape index (κ2) is 4.76. The molecule has 2 nitrogen and oxygen atoms in total. The first-order valence-electron chi connectivity index (χ1n) is 5.44. The van der Waals surface area contributed by atoms with E-state index in [-0.39, 0.29) is 0 Å². The van der Waals surface area contributed by atoms with Crippen LogP contribution in [-0.4, -0.2) is 11.5 Å². The van der Waals surface area contributed by atoms with Gasteiger partial charge in [-0.25, -0.2) is 4.98 Å². The molecular formula is C13H16N2S. The lowest BCUT2D eigenvalue weighted by Crippen LogP contribution is -2.08. The van der Waals surface area contributed by atoms with Crippen molar-refractivity contribution in [2.75, 3.05) is 6.54 Å². The summed E-state index contributed by atoms with van der Waals surface area (Å²) in [4.78, 5) is 4.65. The quantitative estimate of drug-likeness (QED) is 0.882. The van der Waals surface area contributed by atoms with E-state index in [1.54, 1.807) is 11.3 Å². The molecule has 1 atom stereocenters. The van der Waals surface area contributed by atoms with Crippen molar-refractivity contribution in [1.82, 2.24) is 4.98 Å². The summed E-state index contributed by atoms with van der Waals surface area (Å²) in [5.41, 5.74) is 9.20. The van der Waals surface area contributed by atoms with Gasteiger partial charge >= 0.3 is 0 Å². The van der Waals surface area contributed by atoms with E-state index < -0.39 is 0 Å². The monoisotopic (exact) mass is 232 g/mol. The number of hydrogen-bond donors (Lipinski definition) is 1. The third-order valence-corrected chi connectivity index (χ3v) is 3.79. The highest BCUT2D eigenvalue weighted by molar-refractivity contribution is 7.10. The molecule has 0 radical (unpaired) electrons. The summed E-state index contributed by atoms with van der Waals surface area (Å²) in [6, 6.07) is 8.32. The lowest BCUT2D eigenvalue weighted by atomic mass is 10.1. The van der Waals surface area contributed by atoms with Crippen LogP contribution >= 0.6 is 11.3 Å². The first-order valence-corrected chi connectivity index (χ1v) is 6.32. The predicted molar refractivity (Wildman–Crippen MR) is 69.8 cm³/mol. The van der Waals surface area contributed by atoms with Crippen LogP contribution < -0.4 is 5.73 Å². The molecule has 2 aromatic rings. The van der Waals surface area contributed by atoms with Gasteiger partial charge in [-0.3, -0.25) is 0 Å². The number of benzene rings is 1. The Kier molecular flexibility index (Phi) is 3.36. The van der Waals surface area contributed by atoms with E-state index >= 15 is 0 Å². The summed E-state index contributed by atoms with van der Waals surface area (Å²) in [5.74, 6) is 0.350. The van der Waals surface area contributed by atoms with Crippen molar-refractivity contribution in [3.05, 3.63) is 40.2 Å². The highest BCUT2D eigenvalue weighted by Gasteiger charge is 2.10. The highest BCUT2D eigenvalue weighted by Crippen LogP contribution is 2.27. The Hall–Kier alpha value is -1.19. The largest absolute Gasteiger partial charge is 0.330 e. The average Bonchev–Trinajstić information content (AvgIpc) is 2.78. The number of aromatic nitrogens is 1. The molecular weight excluding hydrogens is 216 g/mol. The Labute approximate surface area is 100 Å².